The van der Waals surface area contributed by atoms with Crippen molar-refractivity contribution in [2.45, 2.75) is 25.2 Å². The van der Waals surface area contributed by atoms with Crippen LogP contribution in [-0.2, 0) is 11.2 Å². The van der Waals surface area contributed by atoms with Crippen LogP contribution in [0.4, 0.5) is 0 Å². The van der Waals surface area contributed by atoms with Gasteiger partial charge in [0.25, 0.3) is 0 Å². The Hall–Kier alpha value is -1.81. The SMILES string of the molecule is COc1cccc(Cl)c1-c1noc(C2CC2)c1CC=O. The molecule has 1 heterocycles. The van der Waals surface area contributed by atoms with Crippen LogP contribution in [-0.4, -0.2) is 18.6 Å². The minimum Gasteiger partial charge on any atom is -0.496 e. The number of methoxy groups -OCH3 is 1. The second-order valence-corrected chi connectivity index (χ2v) is 5.24. The number of ether oxygens (including phenoxy) is 1. The summed E-state index contributed by atoms with van der Waals surface area (Å²) in [4.78, 5) is 11.0. The highest BCUT2D eigenvalue weighted by molar-refractivity contribution is 6.33. The summed E-state index contributed by atoms with van der Waals surface area (Å²) in [5.41, 5.74) is 2.12. The normalized spacial score (nSPS) is 14.3. The van der Waals surface area contributed by atoms with Crippen molar-refractivity contribution in [1.82, 2.24) is 5.16 Å². The van der Waals surface area contributed by atoms with Crippen LogP contribution in [0.1, 0.15) is 30.1 Å². The molecule has 1 fully saturated rings. The van der Waals surface area contributed by atoms with Crippen LogP contribution < -0.4 is 4.74 Å². The number of hydrogen-bond acceptors (Lipinski definition) is 4. The van der Waals surface area contributed by atoms with Gasteiger partial charge in [-0.05, 0) is 25.0 Å². The van der Waals surface area contributed by atoms with Gasteiger partial charge in [-0.1, -0.05) is 22.8 Å². The molecule has 1 saturated carbocycles. The maximum atomic E-state index is 11.0. The Labute approximate surface area is 121 Å². The van der Waals surface area contributed by atoms with Crippen molar-refractivity contribution in [2.75, 3.05) is 7.11 Å². The smallest absolute Gasteiger partial charge is 0.144 e. The van der Waals surface area contributed by atoms with Gasteiger partial charge in [0.2, 0.25) is 0 Å². The topological polar surface area (TPSA) is 52.3 Å². The van der Waals surface area contributed by atoms with E-state index >= 15 is 0 Å². The highest BCUT2D eigenvalue weighted by Gasteiger charge is 2.33. The Balaban J connectivity index is 2.16. The number of carbonyl (C=O) groups excluding carboxylic acids is 1. The summed E-state index contributed by atoms with van der Waals surface area (Å²) in [6.07, 6.45) is 3.31. The van der Waals surface area contributed by atoms with Crippen LogP contribution in [0.25, 0.3) is 11.3 Å². The van der Waals surface area contributed by atoms with Gasteiger partial charge in [0.1, 0.15) is 23.5 Å². The van der Waals surface area contributed by atoms with Gasteiger partial charge in [-0.3, -0.25) is 0 Å². The van der Waals surface area contributed by atoms with Crippen molar-refractivity contribution >= 4 is 17.9 Å². The molecule has 20 heavy (non-hydrogen) atoms. The molecule has 0 spiro atoms. The minimum atomic E-state index is 0.277. The molecule has 1 aliphatic carbocycles. The zero-order valence-corrected chi connectivity index (χ0v) is 11.8. The van der Waals surface area contributed by atoms with Gasteiger partial charge in [-0.2, -0.15) is 0 Å². The van der Waals surface area contributed by atoms with Gasteiger partial charge in [-0.15, -0.1) is 0 Å². The predicted molar refractivity (Wildman–Crippen MR) is 75.2 cm³/mol. The Morgan fingerprint density at radius 1 is 1.50 bits per heavy atom. The number of carbonyl (C=O) groups is 1. The molecule has 1 aromatic carbocycles. The molecule has 0 atom stereocenters. The maximum absolute atomic E-state index is 11.0. The standard InChI is InChI=1S/C15H14ClNO3/c1-19-12-4-2-3-11(16)13(12)14-10(7-8-18)15(20-17-14)9-5-6-9/h2-4,8-9H,5-7H2,1H3. The van der Waals surface area contributed by atoms with E-state index in [-0.39, 0.29) is 6.42 Å². The number of aromatic nitrogens is 1. The second-order valence-electron chi connectivity index (χ2n) is 4.84. The molecule has 2 aromatic rings. The first-order valence-electron chi connectivity index (χ1n) is 6.51. The number of benzene rings is 1. The average Bonchev–Trinajstić information content (AvgIpc) is 3.21. The molecule has 4 nitrogen and oxygen atoms in total. The first kappa shape index (κ1) is 13.2. The average molecular weight is 292 g/mol. The quantitative estimate of drug-likeness (QED) is 0.790. The first-order chi connectivity index (χ1) is 9.76. The third-order valence-corrected chi connectivity index (χ3v) is 3.80. The summed E-state index contributed by atoms with van der Waals surface area (Å²) < 4.78 is 10.8. The van der Waals surface area contributed by atoms with Gasteiger partial charge in [0, 0.05) is 17.9 Å². The predicted octanol–water partition coefficient (Wildman–Crippen LogP) is 3.62. The second kappa shape index (κ2) is 5.29. The molecule has 5 heteroatoms. The van der Waals surface area contributed by atoms with Crippen LogP contribution in [0, 0.1) is 0 Å². The van der Waals surface area contributed by atoms with E-state index in [1.807, 2.05) is 12.1 Å². The molecular weight excluding hydrogens is 278 g/mol. The molecule has 0 unspecified atom stereocenters. The Bertz CT molecular complexity index is 647. The van der Waals surface area contributed by atoms with Crippen molar-refractivity contribution in [2.24, 2.45) is 0 Å². The fraction of sp³-hybridized carbons (Fsp3) is 0.333. The monoisotopic (exact) mass is 291 g/mol. The number of nitrogens with zero attached hydrogens (tertiary/aromatic N) is 1. The molecule has 0 aliphatic heterocycles. The maximum Gasteiger partial charge on any atom is 0.144 e. The van der Waals surface area contributed by atoms with Crippen LogP contribution in [0.3, 0.4) is 0 Å². The lowest BCUT2D eigenvalue weighted by atomic mass is 10.0. The van der Waals surface area contributed by atoms with E-state index in [9.17, 15) is 4.79 Å². The molecule has 0 bridgehead atoms. The molecule has 104 valence electrons. The summed E-state index contributed by atoms with van der Waals surface area (Å²) in [5.74, 6) is 1.83. The van der Waals surface area contributed by atoms with E-state index in [0.717, 1.165) is 30.5 Å². The van der Waals surface area contributed by atoms with Crippen molar-refractivity contribution in [3.05, 3.63) is 34.5 Å². The lowest BCUT2D eigenvalue weighted by Crippen LogP contribution is -1.95. The Kier molecular flexibility index (Phi) is 3.49. The van der Waals surface area contributed by atoms with Crippen LogP contribution in [0.15, 0.2) is 22.7 Å². The van der Waals surface area contributed by atoms with E-state index in [1.54, 1.807) is 13.2 Å². The van der Waals surface area contributed by atoms with E-state index in [2.05, 4.69) is 5.16 Å². The third kappa shape index (κ3) is 2.20. The number of aldehydes is 1. The summed E-state index contributed by atoms with van der Waals surface area (Å²) in [6, 6.07) is 5.40. The van der Waals surface area contributed by atoms with Crippen LogP contribution in [0.5, 0.6) is 5.75 Å². The van der Waals surface area contributed by atoms with Crippen molar-refractivity contribution < 1.29 is 14.1 Å². The molecular formula is C15H14ClNO3. The van der Waals surface area contributed by atoms with Gasteiger partial charge in [-0.25, -0.2) is 0 Å². The molecule has 1 aromatic heterocycles. The molecule has 0 N–H and O–H groups in total. The van der Waals surface area contributed by atoms with Gasteiger partial charge in [0.05, 0.1) is 17.7 Å². The highest BCUT2D eigenvalue weighted by atomic mass is 35.5. The molecule has 1 aliphatic rings. The number of rotatable bonds is 5. The zero-order valence-electron chi connectivity index (χ0n) is 11.1. The van der Waals surface area contributed by atoms with Crippen LogP contribution in [0.2, 0.25) is 5.02 Å². The first-order valence-corrected chi connectivity index (χ1v) is 6.89. The lowest BCUT2D eigenvalue weighted by Gasteiger charge is -2.08. The largest absolute Gasteiger partial charge is 0.496 e. The number of halogens is 1. The van der Waals surface area contributed by atoms with Crippen molar-refractivity contribution in [3.63, 3.8) is 0 Å². The van der Waals surface area contributed by atoms with E-state index in [0.29, 0.717) is 27.9 Å². The summed E-state index contributed by atoms with van der Waals surface area (Å²) >= 11 is 6.27. The molecule has 0 radical (unpaired) electrons. The van der Waals surface area contributed by atoms with Crippen molar-refractivity contribution in [1.29, 1.82) is 0 Å². The minimum absolute atomic E-state index is 0.277. The zero-order chi connectivity index (χ0) is 14.1. The van der Waals surface area contributed by atoms with Gasteiger partial charge in [0.15, 0.2) is 0 Å². The van der Waals surface area contributed by atoms with Crippen LogP contribution >= 0.6 is 11.6 Å². The van der Waals surface area contributed by atoms with E-state index < -0.39 is 0 Å². The van der Waals surface area contributed by atoms with E-state index in [4.69, 9.17) is 20.9 Å². The van der Waals surface area contributed by atoms with Gasteiger partial charge < -0.3 is 14.1 Å². The summed E-state index contributed by atoms with van der Waals surface area (Å²) in [5, 5.41) is 4.67. The summed E-state index contributed by atoms with van der Waals surface area (Å²) in [7, 11) is 1.58. The lowest BCUT2D eigenvalue weighted by molar-refractivity contribution is -0.107. The molecule has 0 amide bonds. The highest BCUT2D eigenvalue weighted by Crippen LogP contribution is 2.46. The van der Waals surface area contributed by atoms with E-state index in [1.165, 1.54) is 0 Å². The molecule has 3 rings (SSSR count). The fourth-order valence-corrected chi connectivity index (χ4v) is 2.62. The Morgan fingerprint density at radius 2 is 2.30 bits per heavy atom. The molecule has 0 saturated heterocycles. The number of hydrogen-bond donors (Lipinski definition) is 0. The fourth-order valence-electron chi connectivity index (χ4n) is 2.37. The Morgan fingerprint density at radius 3 is 2.95 bits per heavy atom. The summed E-state index contributed by atoms with van der Waals surface area (Å²) in [6.45, 7) is 0. The van der Waals surface area contributed by atoms with Crippen molar-refractivity contribution in [3.8, 4) is 17.0 Å². The van der Waals surface area contributed by atoms with Gasteiger partial charge >= 0.3 is 0 Å². The third-order valence-electron chi connectivity index (χ3n) is 3.49.